The van der Waals surface area contributed by atoms with Crippen LogP contribution in [-0.2, 0) is 21.8 Å². The van der Waals surface area contributed by atoms with E-state index in [1.165, 1.54) is 16.9 Å². The molecule has 4 aromatic rings. The van der Waals surface area contributed by atoms with Gasteiger partial charge in [-0.05, 0) is 23.8 Å². The summed E-state index contributed by atoms with van der Waals surface area (Å²) in [7, 11) is -3.05. The number of nitrogens with two attached hydrogens (primary N) is 1. The van der Waals surface area contributed by atoms with E-state index in [2.05, 4.69) is 15.4 Å². The lowest BCUT2D eigenvalue weighted by Gasteiger charge is -2.36. The number of fused-ring (bicyclic) bond motifs is 3. The molecule has 188 valence electrons. The molecule has 2 aromatic heterocycles. The van der Waals surface area contributed by atoms with Gasteiger partial charge < -0.3 is 11.1 Å². The van der Waals surface area contributed by atoms with Gasteiger partial charge in [0, 0.05) is 29.9 Å². The highest BCUT2D eigenvalue weighted by Crippen LogP contribution is 2.58. The summed E-state index contributed by atoms with van der Waals surface area (Å²) in [4.78, 5) is 42.2. The Morgan fingerprint density at radius 2 is 1.76 bits per heavy atom. The van der Waals surface area contributed by atoms with Crippen LogP contribution in [-0.4, -0.2) is 47.5 Å². The molecule has 0 fully saturated rings. The first kappa shape index (κ1) is 24.4. The van der Waals surface area contributed by atoms with Gasteiger partial charge in [-0.25, -0.2) is 9.67 Å². The van der Waals surface area contributed by atoms with E-state index in [1.54, 1.807) is 60.8 Å². The monoisotopic (exact) mass is 517 g/mol. The van der Waals surface area contributed by atoms with Gasteiger partial charge in [0.1, 0.15) is 6.04 Å². The number of nitrogens with one attached hydrogen (secondary N) is 1. The minimum absolute atomic E-state index is 0.0139. The first-order chi connectivity index (χ1) is 17.7. The van der Waals surface area contributed by atoms with Crippen LogP contribution < -0.4 is 11.1 Å². The number of Topliss-reactive ketones (excluding diaryl/α,β-unsaturated/α-hetero) is 1. The lowest BCUT2D eigenvalue weighted by Crippen LogP contribution is -2.47. The van der Waals surface area contributed by atoms with Crippen LogP contribution in [0.4, 0.5) is 0 Å². The van der Waals surface area contributed by atoms with Gasteiger partial charge in [0.15, 0.2) is 5.82 Å². The Balaban J connectivity index is 1.49. The molecule has 5 rings (SSSR count). The highest BCUT2D eigenvalue weighted by atomic mass is 32.3. The first-order valence-corrected chi connectivity index (χ1v) is 13.0. The van der Waals surface area contributed by atoms with Crippen molar-refractivity contribution in [3.63, 3.8) is 0 Å². The van der Waals surface area contributed by atoms with E-state index in [4.69, 9.17) is 5.73 Å². The molecule has 0 spiro atoms. The highest BCUT2D eigenvalue weighted by molar-refractivity contribution is 8.23. The highest BCUT2D eigenvalue weighted by Gasteiger charge is 2.32. The Bertz CT molecular complexity index is 1520. The number of pyridine rings is 1. The fraction of sp³-hybridized carbons (Fsp3) is 0.115. The van der Waals surface area contributed by atoms with Crippen LogP contribution >= 0.6 is 10.6 Å². The standard InChI is InChI=1S/C26H23N5O5S/c27-24(33)23(32)20(13-16-7-2-1-3-8-16)29-26(34)19-10-6-12-28-25(19)31-14-17-15-37(35,36)21-11-5-4-9-18(21)22(17)30-31/h1-12,14,20,35-36H,13,15H2,(H2,27,33)(H,29,34). The number of nitrogens with zero attached hydrogens (tertiary/aromatic N) is 3. The number of aromatic nitrogens is 3. The second kappa shape index (κ2) is 9.62. The van der Waals surface area contributed by atoms with Crippen LogP contribution in [0.15, 0.2) is 84.0 Å². The predicted octanol–water partition coefficient (Wildman–Crippen LogP) is 2.95. The third-order valence-corrected chi connectivity index (χ3v) is 7.81. The number of carbonyl (C=O) groups excluding carboxylic acids is 3. The summed E-state index contributed by atoms with van der Waals surface area (Å²) in [6.45, 7) is 0. The minimum Gasteiger partial charge on any atom is -0.363 e. The maximum atomic E-state index is 13.3. The zero-order chi connectivity index (χ0) is 26.2. The van der Waals surface area contributed by atoms with Gasteiger partial charge in [-0.1, -0.05) is 48.5 Å². The first-order valence-electron chi connectivity index (χ1n) is 11.3. The summed E-state index contributed by atoms with van der Waals surface area (Å²) in [5, 5.41) is 7.22. The van der Waals surface area contributed by atoms with Gasteiger partial charge in [0.25, 0.3) is 11.8 Å². The molecule has 1 unspecified atom stereocenters. The van der Waals surface area contributed by atoms with Gasteiger partial charge in [-0.2, -0.15) is 15.7 Å². The molecule has 1 aliphatic heterocycles. The van der Waals surface area contributed by atoms with E-state index in [0.29, 0.717) is 21.7 Å². The number of ketones is 1. The van der Waals surface area contributed by atoms with Crippen molar-refractivity contribution in [2.24, 2.45) is 5.73 Å². The van der Waals surface area contributed by atoms with Gasteiger partial charge in [-0.15, -0.1) is 0 Å². The van der Waals surface area contributed by atoms with E-state index in [-0.39, 0.29) is 23.6 Å². The molecule has 37 heavy (non-hydrogen) atoms. The van der Waals surface area contributed by atoms with Gasteiger partial charge >= 0.3 is 0 Å². The molecule has 10 nitrogen and oxygen atoms in total. The van der Waals surface area contributed by atoms with Crippen LogP contribution in [0, 0.1) is 0 Å². The molecule has 0 saturated heterocycles. The SMILES string of the molecule is NC(=O)C(=O)C(Cc1ccccc1)NC(=O)c1cccnc1-n1cc2c(n1)-c1ccccc1S(O)(O)C2. The number of hydrogen-bond donors (Lipinski definition) is 4. The van der Waals surface area contributed by atoms with Crippen molar-refractivity contribution < 1.29 is 23.5 Å². The van der Waals surface area contributed by atoms with Crippen LogP contribution in [0.2, 0.25) is 0 Å². The number of primary amides is 1. The summed E-state index contributed by atoms with van der Waals surface area (Å²) in [5.41, 5.74) is 7.84. The fourth-order valence-electron chi connectivity index (χ4n) is 4.32. The average molecular weight is 518 g/mol. The van der Waals surface area contributed by atoms with Gasteiger partial charge in [0.2, 0.25) is 5.78 Å². The predicted molar refractivity (Wildman–Crippen MR) is 137 cm³/mol. The summed E-state index contributed by atoms with van der Waals surface area (Å²) in [6.07, 6.45) is 3.17. The topological polar surface area (TPSA) is 160 Å². The third kappa shape index (κ3) is 4.75. The number of amides is 2. The Morgan fingerprint density at radius 1 is 1.03 bits per heavy atom. The summed E-state index contributed by atoms with van der Waals surface area (Å²) in [5.74, 6) is -2.55. The smallest absolute Gasteiger partial charge is 0.287 e. The molecule has 1 atom stereocenters. The molecule has 0 radical (unpaired) electrons. The molecular weight excluding hydrogens is 494 g/mol. The summed E-state index contributed by atoms with van der Waals surface area (Å²) >= 11 is 0. The molecule has 0 saturated carbocycles. The molecule has 2 aromatic carbocycles. The van der Waals surface area contributed by atoms with E-state index < -0.39 is 34.2 Å². The van der Waals surface area contributed by atoms with E-state index in [1.807, 2.05) is 6.07 Å². The zero-order valence-corrected chi connectivity index (χ0v) is 20.3. The number of benzene rings is 2. The van der Waals surface area contributed by atoms with Crippen molar-refractivity contribution in [1.82, 2.24) is 20.1 Å². The lowest BCUT2D eigenvalue weighted by atomic mass is 10.0. The number of rotatable bonds is 7. The van der Waals surface area contributed by atoms with Crippen molar-refractivity contribution in [2.75, 3.05) is 0 Å². The summed E-state index contributed by atoms with van der Waals surface area (Å²) in [6, 6.07) is 17.8. The minimum atomic E-state index is -3.05. The van der Waals surface area contributed by atoms with E-state index in [9.17, 15) is 23.5 Å². The third-order valence-electron chi connectivity index (χ3n) is 6.04. The normalized spacial score (nSPS) is 15.1. The quantitative estimate of drug-likeness (QED) is 0.274. The Labute approximate surface area is 213 Å². The maximum Gasteiger partial charge on any atom is 0.287 e. The van der Waals surface area contributed by atoms with Crippen molar-refractivity contribution in [3.05, 3.63) is 95.8 Å². The maximum absolute atomic E-state index is 13.3. The Hall–Kier alpha value is -4.32. The molecule has 11 heteroatoms. The second-order valence-electron chi connectivity index (χ2n) is 8.57. The zero-order valence-electron chi connectivity index (χ0n) is 19.4. The van der Waals surface area contributed by atoms with E-state index >= 15 is 0 Å². The van der Waals surface area contributed by atoms with E-state index in [0.717, 1.165) is 5.56 Å². The van der Waals surface area contributed by atoms with Gasteiger partial charge in [0.05, 0.1) is 21.9 Å². The number of hydrogen-bond acceptors (Lipinski definition) is 7. The number of carbonyl (C=O) groups is 3. The van der Waals surface area contributed by atoms with Crippen LogP contribution in [0.5, 0.6) is 0 Å². The second-order valence-corrected chi connectivity index (χ2v) is 10.6. The van der Waals surface area contributed by atoms with Crippen molar-refractivity contribution in [3.8, 4) is 17.1 Å². The largest absolute Gasteiger partial charge is 0.363 e. The Morgan fingerprint density at radius 3 is 2.51 bits per heavy atom. The molecule has 3 heterocycles. The van der Waals surface area contributed by atoms with Crippen molar-refractivity contribution in [2.45, 2.75) is 23.1 Å². The van der Waals surface area contributed by atoms with Crippen LogP contribution in [0.1, 0.15) is 21.5 Å². The van der Waals surface area contributed by atoms with Crippen molar-refractivity contribution >= 4 is 28.2 Å². The molecule has 2 amide bonds. The summed E-state index contributed by atoms with van der Waals surface area (Å²) < 4.78 is 22.7. The van der Waals surface area contributed by atoms with Crippen molar-refractivity contribution in [1.29, 1.82) is 0 Å². The van der Waals surface area contributed by atoms with Crippen LogP contribution in [0.25, 0.3) is 17.1 Å². The molecule has 1 aliphatic rings. The molecule has 0 bridgehead atoms. The molecule has 5 N–H and O–H groups in total. The fourth-order valence-corrected chi connectivity index (χ4v) is 5.93. The van der Waals surface area contributed by atoms with Crippen LogP contribution in [0.3, 0.4) is 0 Å². The average Bonchev–Trinajstić information content (AvgIpc) is 3.31. The molecular formula is C26H23N5O5S. The lowest BCUT2D eigenvalue weighted by molar-refractivity contribution is -0.137. The molecule has 0 aliphatic carbocycles. The van der Waals surface area contributed by atoms with Gasteiger partial charge in [-0.3, -0.25) is 23.5 Å². The Kier molecular flexibility index (Phi) is 6.34.